The van der Waals surface area contributed by atoms with Crippen LogP contribution < -0.4 is 0 Å². The van der Waals surface area contributed by atoms with Crippen LogP contribution in [0.2, 0.25) is 0 Å². The van der Waals surface area contributed by atoms with E-state index < -0.39 is 0 Å². The molecular weight excluding hydrogens is 240 g/mol. The molecule has 2 heterocycles. The van der Waals surface area contributed by atoms with Gasteiger partial charge in [-0.05, 0) is 5.56 Å². The zero-order valence-electron chi connectivity index (χ0n) is 10.5. The highest BCUT2D eigenvalue weighted by Gasteiger charge is 2.21. The highest BCUT2D eigenvalue weighted by atomic mass is 16.5. The fourth-order valence-corrected chi connectivity index (χ4v) is 2.07. The van der Waals surface area contributed by atoms with Crippen LogP contribution in [-0.4, -0.2) is 22.7 Å². The van der Waals surface area contributed by atoms with Crippen molar-refractivity contribution in [2.75, 3.05) is 6.61 Å². The lowest BCUT2D eigenvalue weighted by atomic mass is 10.2. The van der Waals surface area contributed by atoms with Gasteiger partial charge in [0.25, 0.3) is 0 Å². The number of ether oxygens (including phenoxy) is 2. The van der Waals surface area contributed by atoms with Crippen molar-refractivity contribution in [1.82, 2.24) is 9.97 Å². The number of aromatic amines is 1. The maximum atomic E-state index is 5.84. The normalized spacial score (nSPS) is 21.9. The van der Waals surface area contributed by atoms with Crippen molar-refractivity contribution in [3.8, 4) is 0 Å². The monoisotopic (exact) mass is 256 g/mol. The first-order valence-corrected chi connectivity index (χ1v) is 6.35. The maximum Gasteiger partial charge on any atom is 0.118 e. The molecule has 0 unspecified atom stereocenters. The predicted molar refractivity (Wildman–Crippen MR) is 71.4 cm³/mol. The van der Waals surface area contributed by atoms with Crippen LogP contribution in [0.15, 0.2) is 55.0 Å². The Bertz CT molecular complexity index is 522. The first-order chi connectivity index (χ1) is 9.42. The largest absolute Gasteiger partial charge is 0.374 e. The number of hydrogen-bond acceptors (Lipinski definition) is 3. The van der Waals surface area contributed by atoms with Crippen LogP contribution in [0.25, 0.3) is 0 Å². The molecule has 98 valence electrons. The molecule has 2 aromatic rings. The molecule has 1 N–H and O–H groups in total. The SMILES string of the molecule is C1=C[C@H](c2cnc[nH]2)O[C@@H]1COCc1ccccc1. The lowest BCUT2D eigenvalue weighted by Gasteiger charge is -2.13. The molecule has 0 fully saturated rings. The van der Waals surface area contributed by atoms with Crippen molar-refractivity contribution in [2.45, 2.75) is 18.8 Å². The third kappa shape index (κ3) is 3.10. The van der Waals surface area contributed by atoms with Crippen LogP contribution in [-0.2, 0) is 16.1 Å². The summed E-state index contributed by atoms with van der Waals surface area (Å²) in [5, 5.41) is 0. The lowest BCUT2D eigenvalue weighted by molar-refractivity contribution is -0.00993. The number of H-pyrrole nitrogens is 1. The minimum absolute atomic E-state index is 0.0111. The van der Waals surface area contributed by atoms with Gasteiger partial charge in [-0.2, -0.15) is 0 Å². The molecule has 0 amide bonds. The first-order valence-electron chi connectivity index (χ1n) is 6.35. The summed E-state index contributed by atoms with van der Waals surface area (Å²) >= 11 is 0. The Labute approximate surface area is 112 Å². The average molecular weight is 256 g/mol. The minimum atomic E-state index is -0.0344. The van der Waals surface area contributed by atoms with Gasteiger partial charge in [-0.3, -0.25) is 0 Å². The maximum absolute atomic E-state index is 5.84. The molecule has 0 radical (unpaired) electrons. The average Bonchev–Trinajstić information content (AvgIpc) is 3.10. The highest BCUT2D eigenvalue weighted by molar-refractivity contribution is 5.15. The van der Waals surface area contributed by atoms with Gasteiger partial charge in [-0.1, -0.05) is 42.5 Å². The van der Waals surface area contributed by atoms with E-state index in [2.05, 4.69) is 22.1 Å². The first kappa shape index (κ1) is 12.1. The molecule has 0 bridgehead atoms. The molecule has 3 rings (SSSR count). The molecule has 4 heteroatoms. The summed E-state index contributed by atoms with van der Waals surface area (Å²) in [5.74, 6) is 0. The molecule has 19 heavy (non-hydrogen) atoms. The Balaban J connectivity index is 1.44. The van der Waals surface area contributed by atoms with E-state index in [9.17, 15) is 0 Å². The summed E-state index contributed by atoms with van der Waals surface area (Å²) in [6, 6.07) is 10.1. The van der Waals surface area contributed by atoms with E-state index in [0.29, 0.717) is 13.2 Å². The van der Waals surface area contributed by atoms with Gasteiger partial charge >= 0.3 is 0 Å². The molecule has 0 aliphatic carbocycles. The molecule has 0 saturated carbocycles. The molecule has 1 aliphatic rings. The number of nitrogens with one attached hydrogen (secondary N) is 1. The van der Waals surface area contributed by atoms with E-state index in [0.717, 1.165) is 5.69 Å². The van der Waals surface area contributed by atoms with Crippen LogP contribution in [0.1, 0.15) is 17.4 Å². The number of imidazole rings is 1. The van der Waals surface area contributed by atoms with Crippen LogP contribution in [0, 0.1) is 0 Å². The van der Waals surface area contributed by atoms with Crippen molar-refractivity contribution in [3.05, 3.63) is 66.3 Å². The molecule has 0 spiro atoms. The number of benzene rings is 1. The van der Waals surface area contributed by atoms with E-state index in [-0.39, 0.29) is 12.2 Å². The molecular formula is C15H16N2O2. The van der Waals surface area contributed by atoms with Gasteiger partial charge in [0.2, 0.25) is 0 Å². The molecule has 1 aromatic carbocycles. The Kier molecular flexibility index (Phi) is 3.72. The number of nitrogens with zero attached hydrogens (tertiary/aromatic N) is 1. The summed E-state index contributed by atoms with van der Waals surface area (Å²) in [6.07, 6.45) is 7.49. The van der Waals surface area contributed by atoms with Crippen molar-refractivity contribution in [3.63, 3.8) is 0 Å². The van der Waals surface area contributed by atoms with Crippen LogP contribution >= 0.6 is 0 Å². The summed E-state index contributed by atoms with van der Waals surface area (Å²) in [7, 11) is 0. The molecule has 1 aromatic heterocycles. The smallest absolute Gasteiger partial charge is 0.118 e. The zero-order chi connectivity index (χ0) is 12.9. The van der Waals surface area contributed by atoms with Gasteiger partial charge < -0.3 is 14.5 Å². The van der Waals surface area contributed by atoms with Gasteiger partial charge in [0.05, 0.1) is 31.4 Å². The molecule has 2 atom stereocenters. The van der Waals surface area contributed by atoms with Crippen molar-refractivity contribution >= 4 is 0 Å². The summed E-state index contributed by atoms with van der Waals surface area (Å²) < 4.78 is 11.5. The zero-order valence-corrected chi connectivity index (χ0v) is 10.5. The highest BCUT2D eigenvalue weighted by Crippen LogP contribution is 2.24. The number of rotatable bonds is 5. The van der Waals surface area contributed by atoms with E-state index in [1.807, 2.05) is 30.4 Å². The Morgan fingerprint density at radius 3 is 2.89 bits per heavy atom. The minimum Gasteiger partial charge on any atom is -0.374 e. The van der Waals surface area contributed by atoms with E-state index in [1.165, 1.54) is 5.56 Å². The molecule has 4 nitrogen and oxygen atoms in total. The van der Waals surface area contributed by atoms with Gasteiger partial charge in [-0.25, -0.2) is 4.98 Å². The molecule has 0 saturated heterocycles. The topological polar surface area (TPSA) is 47.1 Å². The fourth-order valence-electron chi connectivity index (χ4n) is 2.07. The fraction of sp³-hybridized carbons (Fsp3) is 0.267. The van der Waals surface area contributed by atoms with Crippen LogP contribution in [0.5, 0.6) is 0 Å². The molecule has 1 aliphatic heterocycles. The van der Waals surface area contributed by atoms with Crippen molar-refractivity contribution < 1.29 is 9.47 Å². The van der Waals surface area contributed by atoms with E-state index in [4.69, 9.17) is 9.47 Å². The van der Waals surface area contributed by atoms with Gasteiger partial charge in [0.1, 0.15) is 12.2 Å². The second-order valence-electron chi connectivity index (χ2n) is 4.49. The van der Waals surface area contributed by atoms with Gasteiger partial charge in [0, 0.05) is 0 Å². The third-order valence-electron chi connectivity index (χ3n) is 3.04. The van der Waals surface area contributed by atoms with Crippen LogP contribution in [0.4, 0.5) is 0 Å². The standard InChI is InChI=1S/C15H16N2O2/c1-2-4-12(5-3-1)9-18-10-13-6-7-15(19-13)14-8-16-11-17-14/h1-8,11,13,15H,9-10H2,(H,16,17)/t13-,15+/m0/s1. The number of hydrogen-bond donors (Lipinski definition) is 1. The Morgan fingerprint density at radius 1 is 1.21 bits per heavy atom. The van der Waals surface area contributed by atoms with E-state index >= 15 is 0 Å². The van der Waals surface area contributed by atoms with Crippen LogP contribution in [0.3, 0.4) is 0 Å². The third-order valence-corrected chi connectivity index (χ3v) is 3.04. The number of aromatic nitrogens is 2. The second-order valence-corrected chi connectivity index (χ2v) is 4.49. The van der Waals surface area contributed by atoms with Crippen molar-refractivity contribution in [2.24, 2.45) is 0 Å². The predicted octanol–water partition coefficient (Wildman–Crippen LogP) is 2.62. The summed E-state index contributed by atoms with van der Waals surface area (Å²) in [5.41, 5.74) is 2.15. The second kappa shape index (κ2) is 5.82. The quantitative estimate of drug-likeness (QED) is 0.836. The van der Waals surface area contributed by atoms with E-state index in [1.54, 1.807) is 12.5 Å². The summed E-state index contributed by atoms with van der Waals surface area (Å²) in [4.78, 5) is 7.05. The van der Waals surface area contributed by atoms with Gasteiger partial charge in [0.15, 0.2) is 0 Å². The van der Waals surface area contributed by atoms with Gasteiger partial charge in [-0.15, -0.1) is 0 Å². The van der Waals surface area contributed by atoms with Crippen molar-refractivity contribution in [1.29, 1.82) is 0 Å². The Morgan fingerprint density at radius 2 is 2.11 bits per heavy atom. The lowest BCUT2D eigenvalue weighted by Crippen LogP contribution is -2.15. The Hall–Kier alpha value is -1.91. The summed E-state index contributed by atoms with van der Waals surface area (Å²) in [6.45, 7) is 1.18.